The fourth-order valence-corrected chi connectivity index (χ4v) is 5.54. The molecular formula is C28H23ClFN5O4S. The number of nitrogens with one attached hydrogen (secondary N) is 3. The van der Waals surface area contributed by atoms with Gasteiger partial charge in [-0.2, -0.15) is 0 Å². The highest BCUT2D eigenvalue weighted by atomic mass is 35.5. The molecule has 1 aromatic heterocycles. The van der Waals surface area contributed by atoms with Gasteiger partial charge in [-0.1, -0.05) is 24.3 Å². The molecule has 0 atom stereocenters. The second kappa shape index (κ2) is 10.9. The Labute approximate surface area is 234 Å². The highest BCUT2D eigenvalue weighted by Crippen LogP contribution is 2.33. The van der Waals surface area contributed by atoms with Crippen LogP contribution in [0.4, 0.5) is 21.6 Å². The van der Waals surface area contributed by atoms with Crippen molar-refractivity contribution in [3.05, 3.63) is 89.9 Å². The van der Waals surface area contributed by atoms with Crippen LogP contribution in [0.2, 0.25) is 0 Å². The minimum Gasteiger partial charge on any atom is -0.383 e. The summed E-state index contributed by atoms with van der Waals surface area (Å²) in [5.74, 6) is -1.37. The van der Waals surface area contributed by atoms with Gasteiger partial charge in [0, 0.05) is 40.7 Å². The van der Waals surface area contributed by atoms with Crippen LogP contribution in [0.5, 0.6) is 0 Å². The van der Waals surface area contributed by atoms with E-state index in [0.717, 1.165) is 17.2 Å². The van der Waals surface area contributed by atoms with Gasteiger partial charge in [0.1, 0.15) is 17.5 Å². The van der Waals surface area contributed by atoms with E-state index in [2.05, 4.69) is 20.3 Å². The number of hydrogen-bond acceptors (Lipinski definition) is 6. The zero-order valence-electron chi connectivity index (χ0n) is 20.9. The molecule has 0 saturated carbocycles. The first-order valence-corrected chi connectivity index (χ1v) is 14.1. The summed E-state index contributed by atoms with van der Waals surface area (Å²) >= 11 is 5.50. The highest BCUT2D eigenvalue weighted by molar-refractivity contribution is 7.92. The Balaban J connectivity index is 1.42. The van der Waals surface area contributed by atoms with Crippen LogP contribution >= 0.6 is 11.6 Å². The SMILES string of the molecule is Nc1ncc(-c2ccc(S(=O)(=O)Nc3cccc(NC(=O)CCl)c3)cc2F)cc1-c1ccc2c(c1)CCNC2=O. The number of carbonyl (C=O) groups excluding carboxylic acids is 2. The van der Waals surface area contributed by atoms with Crippen molar-refractivity contribution in [2.45, 2.75) is 11.3 Å². The number of nitrogens with zero attached hydrogens (tertiary/aromatic N) is 1. The summed E-state index contributed by atoms with van der Waals surface area (Å²) in [5, 5.41) is 5.33. The molecule has 1 aliphatic rings. The van der Waals surface area contributed by atoms with Gasteiger partial charge in [0.15, 0.2) is 0 Å². The smallest absolute Gasteiger partial charge is 0.261 e. The largest absolute Gasteiger partial charge is 0.383 e. The van der Waals surface area contributed by atoms with E-state index < -0.39 is 21.7 Å². The Morgan fingerprint density at radius 3 is 2.55 bits per heavy atom. The average Bonchev–Trinajstić information content (AvgIpc) is 2.93. The van der Waals surface area contributed by atoms with Gasteiger partial charge in [-0.05, 0) is 60.0 Å². The first-order valence-electron chi connectivity index (χ1n) is 12.1. The molecule has 40 heavy (non-hydrogen) atoms. The van der Waals surface area contributed by atoms with E-state index in [1.165, 1.54) is 30.5 Å². The number of pyridine rings is 1. The van der Waals surface area contributed by atoms with Crippen molar-refractivity contribution < 1.29 is 22.4 Å². The van der Waals surface area contributed by atoms with Crippen LogP contribution in [0.15, 0.2) is 77.8 Å². The Morgan fingerprint density at radius 2 is 1.77 bits per heavy atom. The van der Waals surface area contributed by atoms with Crippen molar-refractivity contribution in [1.29, 1.82) is 0 Å². The molecule has 1 aliphatic heterocycles. The van der Waals surface area contributed by atoms with Gasteiger partial charge in [0.05, 0.1) is 10.6 Å². The number of alkyl halides is 1. The molecule has 3 aromatic carbocycles. The molecule has 4 aromatic rings. The number of anilines is 3. The van der Waals surface area contributed by atoms with Crippen molar-refractivity contribution in [2.24, 2.45) is 0 Å². The van der Waals surface area contributed by atoms with Gasteiger partial charge < -0.3 is 16.4 Å². The number of rotatable bonds is 7. The highest BCUT2D eigenvalue weighted by Gasteiger charge is 2.20. The summed E-state index contributed by atoms with van der Waals surface area (Å²) in [6.45, 7) is 0.536. The van der Waals surface area contributed by atoms with Crippen LogP contribution in [-0.4, -0.2) is 37.6 Å². The third-order valence-electron chi connectivity index (χ3n) is 6.34. The topological polar surface area (TPSA) is 143 Å². The van der Waals surface area contributed by atoms with Gasteiger partial charge in [0.2, 0.25) is 5.91 Å². The fourth-order valence-electron chi connectivity index (χ4n) is 4.42. The van der Waals surface area contributed by atoms with Crippen molar-refractivity contribution >= 4 is 50.6 Å². The van der Waals surface area contributed by atoms with Gasteiger partial charge in [0.25, 0.3) is 15.9 Å². The van der Waals surface area contributed by atoms with E-state index in [1.54, 1.807) is 30.3 Å². The third-order valence-corrected chi connectivity index (χ3v) is 7.96. The van der Waals surface area contributed by atoms with Crippen molar-refractivity contribution in [1.82, 2.24) is 10.3 Å². The predicted molar refractivity (Wildman–Crippen MR) is 152 cm³/mol. The molecule has 5 N–H and O–H groups in total. The molecule has 5 rings (SSSR count). The molecular weight excluding hydrogens is 557 g/mol. The summed E-state index contributed by atoms with van der Waals surface area (Å²) in [4.78, 5) is 27.5. The third kappa shape index (κ3) is 5.61. The number of hydrogen-bond donors (Lipinski definition) is 4. The fraction of sp³-hybridized carbons (Fsp3) is 0.107. The molecule has 2 heterocycles. The first-order chi connectivity index (χ1) is 19.1. The number of nitrogen functional groups attached to an aromatic ring is 1. The molecule has 0 saturated heterocycles. The van der Waals surface area contributed by atoms with Crippen molar-refractivity contribution in [2.75, 3.05) is 28.2 Å². The number of nitrogens with two attached hydrogens (primary N) is 1. The van der Waals surface area contributed by atoms with Crippen LogP contribution in [0.25, 0.3) is 22.3 Å². The number of amides is 2. The normalized spacial score (nSPS) is 12.8. The Bertz CT molecular complexity index is 1760. The minimum absolute atomic E-state index is 0.134. The Kier molecular flexibility index (Phi) is 7.42. The summed E-state index contributed by atoms with van der Waals surface area (Å²) in [5.41, 5.74) is 9.96. The lowest BCUT2D eigenvalue weighted by molar-refractivity contribution is -0.113. The number of sulfonamides is 1. The predicted octanol–water partition coefficient (Wildman–Crippen LogP) is 4.40. The van der Waals surface area contributed by atoms with Crippen LogP contribution in [-0.2, 0) is 21.2 Å². The lowest BCUT2D eigenvalue weighted by Gasteiger charge is -2.18. The zero-order chi connectivity index (χ0) is 28.4. The Hall–Kier alpha value is -4.48. The lowest BCUT2D eigenvalue weighted by Crippen LogP contribution is -2.31. The first kappa shape index (κ1) is 27.1. The summed E-state index contributed by atoms with van der Waals surface area (Å²) in [6, 6.07) is 16.6. The van der Waals surface area contributed by atoms with Crippen LogP contribution < -0.4 is 21.1 Å². The van der Waals surface area contributed by atoms with E-state index in [1.807, 2.05) is 6.07 Å². The number of halogens is 2. The van der Waals surface area contributed by atoms with E-state index in [4.69, 9.17) is 17.3 Å². The second-order valence-electron chi connectivity index (χ2n) is 9.04. The quantitative estimate of drug-likeness (QED) is 0.239. The number of benzene rings is 3. The van der Waals surface area contributed by atoms with Gasteiger partial charge in [-0.3, -0.25) is 14.3 Å². The summed E-state index contributed by atoms with van der Waals surface area (Å²) in [6.07, 6.45) is 2.09. The summed E-state index contributed by atoms with van der Waals surface area (Å²) < 4.78 is 43.6. The molecule has 0 aliphatic carbocycles. The summed E-state index contributed by atoms with van der Waals surface area (Å²) in [7, 11) is -4.15. The number of carbonyl (C=O) groups is 2. The van der Waals surface area contributed by atoms with Gasteiger partial charge in [-0.15, -0.1) is 11.6 Å². The monoisotopic (exact) mass is 579 g/mol. The molecule has 0 fully saturated rings. The molecule has 0 unspecified atom stereocenters. The zero-order valence-corrected chi connectivity index (χ0v) is 22.4. The molecule has 0 bridgehead atoms. The lowest BCUT2D eigenvalue weighted by atomic mass is 9.94. The standard InChI is InChI=1S/C28H23ClFN5O4S/c29-14-26(36)34-19-2-1-3-20(12-19)35-40(38,39)21-5-7-22(25(30)13-21)18-11-24(27(31)33-15-18)16-4-6-23-17(10-16)8-9-32-28(23)37/h1-7,10-13,15,35H,8-9,14H2,(H2,31,33)(H,32,37)(H,34,36). The van der Waals surface area contributed by atoms with Crippen LogP contribution in [0, 0.1) is 5.82 Å². The maximum atomic E-state index is 15.3. The van der Waals surface area contributed by atoms with E-state index >= 15 is 4.39 Å². The van der Waals surface area contributed by atoms with Crippen LogP contribution in [0.3, 0.4) is 0 Å². The minimum atomic E-state index is -4.15. The van der Waals surface area contributed by atoms with Crippen molar-refractivity contribution in [3.63, 3.8) is 0 Å². The molecule has 9 nitrogen and oxygen atoms in total. The molecule has 12 heteroatoms. The van der Waals surface area contributed by atoms with Crippen LogP contribution in [0.1, 0.15) is 15.9 Å². The maximum absolute atomic E-state index is 15.3. The molecule has 0 radical (unpaired) electrons. The maximum Gasteiger partial charge on any atom is 0.261 e. The number of fused-ring (bicyclic) bond motifs is 1. The van der Waals surface area contributed by atoms with E-state index in [0.29, 0.717) is 35.3 Å². The van der Waals surface area contributed by atoms with Gasteiger partial charge in [-0.25, -0.2) is 17.8 Å². The average molecular weight is 580 g/mol. The van der Waals surface area contributed by atoms with E-state index in [9.17, 15) is 18.0 Å². The molecule has 0 spiro atoms. The molecule has 2 amide bonds. The molecule has 204 valence electrons. The van der Waals surface area contributed by atoms with E-state index in [-0.39, 0.29) is 33.8 Å². The van der Waals surface area contributed by atoms with Gasteiger partial charge >= 0.3 is 0 Å². The number of aromatic nitrogens is 1. The Morgan fingerprint density at radius 1 is 1.00 bits per heavy atom. The van der Waals surface area contributed by atoms with Crippen molar-refractivity contribution in [3.8, 4) is 22.3 Å². The second-order valence-corrected chi connectivity index (χ2v) is 11.0.